The highest BCUT2D eigenvalue weighted by atomic mass is 31.1. The molecule has 0 radical (unpaired) electrons. The number of rotatable bonds is 10. The lowest BCUT2D eigenvalue weighted by Gasteiger charge is -2.23. The van der Waals surface area contributed by atoms with Crippen molar-refractivity contribution in [1.29, 1.82) is 0 Å². The third kappa shape index (κ3) is 5.39. The van der Waals surface area contributed by atoms with E-state index in [0.29, 0.717) is 0 Å². The fraction of sp³-hybridized carbons (Fsp3) is 0.478. The maximum Gasteiger partial charge on any atom is 0.0520 e. The van der Waals surface area contributed by atoms with Gasteiger partial charge in [0.2, 0.25) is 0 Å². The Morgan fingerprint density at radius 1 is 0.846 bits per heavy atom. The molecule has 0 saturated carbocycles. The highest BCUT2D eigenvalue weighted by molar-refractivity contribution is 7.66. The minimum absolute atomic E-state index is 0.0130. The molecule has 2 nitrogen and oxygen atoms in total. The lowest BCUT2D eigenvalue weighted by Crippen LogP contribution is -2.29. The second kappa shape index (κ2) is 10.2. The summed E-state index contributed by atoms with van der Waals surface area (Å²) < 4.78 is 0. The number of allylic oxidation sites excluding steroid dienone is 1. The maximum atomic E-state index is 5.58. The van der Waals surface area contributed by atoms with Crippen molar-refractivity contribution in [2.24, 2.45) is 11.5 Å². The van der Waals surface area contributed by atoms with E-state index in [4.69, 9.17) is 11.5 Å². The summed E-state index contributed by atoms with van der Waals surface area (Å²) in [5, 5.41) is 4.41. The smallest absolute Gasteiger partial charge is 0.0520 e. The number of nitrogens with two attached hydrogens (primary N) is 2. The Labute approximate surface area is 159 Å². The summed E-state index contributed by atoms with van der Waals surface area (Å²) in [5.74, 6) is 0. The standard InChI is InChI=1S/C23H33N2P/c24-23(25)14-6-4-2-1-3-5-9-17-26-18-10-13-21-20-12-8-7-11-19(20)15-16-22(21)26/h7-8,10-13,15-16,23H,1-6,9,14,17-18,24-25H2. The van der Waals surface area contributed by atoms with Gasteiger partial charge in [0.1, 0.15) is 0 Å². The molecule has 2 aromatic rings. The number of unbranched alkanes of at least 4 members (excludes halogenated alkanes) is 6. The Kier molecular flexibility index (Phi) is 7.68. The van der Waals surface area contributed by atoms with Gasteiger partial charge in [-0.25, -0.2) is 0 Å². The second-order valence-electron chi connectivity index (χ2n) is 7.50. The molecule has 0 amide bonds. The quantitative estimate of drug-likeness (QED) is 0.338. The van der Waals surface area contributed by atoms with Gasteiger partial charge in [0.15, 0.2) is 0 Å². The first-order valence-corrected chi connectivity index (χ1v) is 11.9. The van der Waals surface area contributed by atoms with Crippen molar-refractivity contribution in [3.05, 3.63) is 48.0 Å². The molecule has 0 bridgehead atoms. The van der Waals surface area contributed by atoms with Crippen LogP contribution in [-0.4, -0.2) is 18.5 Å². The minimum Gasteiger partial charge on any atom is -0.316 e. The molecule has 4 N–H and O–H groups in total. The Hall–Kier alpha value is -1.21. The normalized spacial score (nSPS) is 16.3. The van der Waals surface area contributed by atoms with Crippen LogP contribution in [0.1, 0.15) is 56.9 Å². The van der Waals surface area contributed by atoms with Crippen LogP contribution in [-0.2, 0) is 0 Å². The lowest BCUT2D eigenvalue weighted by molar-refractivity contribution is 0.538. The fourth-order valence-corrected chi connectivity index (χ4v) is 6.32. The molecule has 1 atom stereocenters. The van der Waals surface area contributed by atoms with Crippen LogP contribution in [0.5, 0.6) is 0 Å². The van der Waals surface area contributed by atoms with E-state index in [-0.39, 0.29) is 14.1 Å². The van der Waals surface area contributed by atoms with Crippen molar-refractivity contribution >= 4 is 30.1 Å². The number of hydrogen-bond donors (Lipinski definition) is 2. The summed E-state index contributed by atoms with van der Waals surface area (Å²) in [6.07, 6.45) is 17.5. The first-order valence-electron chi connectivity index (χ1n) is 10.2. The Balaban J connectivity index is 1.42. The predicted molar refractivity (Wildman–Crippen MR) is 118 cm³/mol. The third-order valence-corrected chi connectivity index (χ3v) is 7.94. The van der Waals surface area contributed by atoms with Gasteiger partial charge in [-0.3, -0.25) is 0 Å². The average molecular weight is 369 g/mol. The fourth-order valence-electron chi connectivity index (χ4n) is 3.91. The average Bonchev–Trinajstić information content (AvgIpc) is 2.66. The van der Waals surface area contributed by atoms with Gasteiger partial charge >= 0.3 is 0 Å². The molecule has 0 aliphatic carbocycles. The van der Waals surface area contributed by atoms with Gasteiger partial charge in [-0.05, 0) is 46.8 Å². The maximum absolute atomic E-state index is 5.58. The zero-order chi connectivity index (χ0) is 18.2. The van der Waals surface area contributed by atoms with E-state index in [9.17, 15) is 0 Å². The molecule has 26 heavy (non-hydrogen) atoms. The summed E-state index contributed by atoms with van der Waals surface area (Å²) in [6, 6.07) is 13.5. The summed E-state index contributed by atoms with van der Waals surface area (Å²) in [4.78, 5) is 0. The summed E-state index contributed by atoms with van der Waals surface area (Å²) in [7, 11) is -0.0130. The van der Waals surface area contributed by atoms with Crippen LogP contribution >= 0.6 is 7.92 Å². The van der Waals surface area contributed by atoms with Crippen LogP contribution in [0.2, 0.25) is 0 Å². The molecule has 2 aromatic carbocycles. The van der Waals surface area contributed by atoms with Crippen LogP contribution in [0.3, 0.4) is 0 Å². The second-order valence-corrected chi connectivity index (χ2v) is 9.87. The van der Waals surface area contributed by atoms with Gasteiger partial charge in [0, 0.05) is 0 Å². The van der Waals surface area contributed by atoms with Crippen molar-refractivity contribution in [2.45, 2.75) is 57.5 Å². The SMILES string of the molecule is NC(N)CCCCCCCCCP1CC=Cc2c1ccc1ccccc21. The molecular weight excluding hydrogens is 335 g/mol. The predicted octanol–water partition coefficient (Wildman–Crippen LogP) is 5.34. The Morgan fingerprint density at radius 3 is 2.38 bits per heavy atom. The first-order chi connectivity index (χ1) is 12.8. The van der Waals surface area contributed by atoms with Crippen molar-refractivity contribution in [2.75, 3.05) is 12.3 Å². The van der Waals surface area contributed by atoms with Gasteiger partial charge in [0.25, 0.3) is 0 Å². The highest BCUT2D eigenvalue weighted by Crippen LogP contribution is 2.41. The first kappa shape index (κ1) is 19.5. The molecule has 0 fully saturated rings. The Morgan fingerprint density at radius 2 is 1.58 bits per heavy atom. The summed E-state index contributed by atoms with van der Waals surface area (Å²) in [5.41, 5.74) is 12.7. The highest BCUT2D eigenvalue weighted by Gasteiger charge is 2.17. The molecule has 1 aliphatic rings. The molecule has 1 heterocycles. The summed E-state index contributed by atoms with van der Waals surface area (Å²) >= 11 is 0. The van der Waals surface area contributed by atoms with Crippen molar-refractivity contribution in [1.82, 2.24) is 0 Å². The van der Waals surface area contributed by atoms with E-state index in [1.807, 2.05) is 0 Å². The van der Waals surface area contributed by atoms with Crippen LogP contribution in [0, 0.1) is 0 Å². The van der Waals surface area contributed by atoms with Crippen LogP contribution < -0.4 is 16.8 Å². The van der Waals surface area contributed by atoms with Crippen LogP contribution in [0.15, 0.2) is 42.5 Å². The van der Waals surface area contributed by atoms with Crippen molar-refractivity contribution in [3.8, 4) is 0 Å². The topological polar surface area (TPSA) is 52.0 Å². The zero-order valence-electron chi connectivity index (χ0n) is 15.9. The van der Waals surface area contributed by atoms with Gasteiger partial charge in [-0.2, -0.15) is 0 Å². The number of benzene rings is 2. The molecule has 1 aliphatic heterocycles. The van der Waals surface area contributed by atoms with Gasteiger partial charge < -0.3 is 11.5 Å². The molecule has 3 rings (SSSR count). The zero-order valence-corrected chi connectivity index (χ0v) is 16.8. The van der Waals surface area contributed by atoms with E-state index < -0.39 is 0 Å². The number of fused-ring (bicyclic) bond motifs is 3. The van der Waals surface area contributed by atoms with Crippen molar-refractivity contribution in [3.63, 3.8) is 0 Å². The molecule has 140 valence electrons. The molecule has 0 spiro atoms. The molecule has 0 saturated heterocycles. The van der Waals surface area contributed by atoms with E-state index >= 15 is 0 Å². The monoisotopic (exact) mass is 368 g/mol. The molecule has 1 unspecified atom stereocenters. The van der Waals surface area contributed by atoms with Gasteiger partial charge in [-0.15, -0.1) is 0 Å². The Bertz CT molecular complexity index is 723. The van der Waals surface area contributed by atoms with E-state index in [1.165, 1.54) is 73.6 Å². The van der Waals surface area contributed by atoms with E-state index in [0.717, 1.165) is 6.42 Å². The van der Waals surface area contributed by atoms with Gasteiger partial charge in [-0.1, -0.05) is 95.0 Å². The molecule has 0 aromatic heterocycles. The van der Waals surface area contributed by atoms with Crippen molar-refractivity contribution < 1.29 is 0 Å². The molecular formula is C23H33N2P. The van der Waals surface area contributed by atoms with E-state index in [2.05, 4.69) is 48.6 Å². The van der Waals surface area contributed by atoms with Gasteiger partial charge in [0.05, 0.1) is 6.17 Å². The lowest BCUT2D eigenvalue weighted by atomic mass is 10.0. The third-order valence-electron chi connectivity index (χ3n) is 5.36. The molecule has 3 heteroatoms. The van der Waals surface area contributed by atoms with Crippen LogP contribution in [0.4, 0.5) is 0 Å². The number of hydrogen-bond acceptors (Lipinski definition) is 2. The van der Waals surface area contributed by atoms with E-state index in [1.54, 1.807) is 5.30 Å². The summed E-state index contributed by atoms with van der Waals surface area (Å²) in [6.45, 7) is 0. The minimum atomic E-state index is -0.123. The largest absolute Gasteiger partial charge is 0.316 e. The van der Waals surface area contributed by atoms with Crippen LogP contribution in [0.25, 0.3) is 16.8 Å².